The number of amides is 2. The molecule has 2 aromatic rings. The summed E-state index contributed by atoms with van der Waals surface area (Å²) in [4.78, 5) is 14.9. The van der Waals surface area contributed by atoms with Crippen LogP contribution in [0.5, 0.6) is 17.2 Å². The van der Waals surface area contributed by atoms with Crippen LogP contribution in [0.25, 0.3) is 0 Å². The highest BCUT2D eigenvalue weighted by Crippen LogP contribution is 2.34. The number of halogens is 1. The van der Waals surface area contributed by atoms with Gasteiger partial charge in [-0.2, -0.15) is 0 Å². The van der Waals surface area contributed by atoms with E-state index in [0.717, 1.165) is 19.3 Å². The van der Waals surface area contributed by atoms with E-state index in [9.17, 15) is 22.7 Å². The van der Waals surface area contributed by atoms with Crippen molar-refractivity contribution in [1.29, 1.82) is 0 Å². The van der Waals surface area contributed by atoms with Gasteiger partial charge in [-0.1, -0.05) is 26.7 Å². The zero-order valence-corrected chi connectivity index (χ0v) is 25.0. The number of hydrogen-bond donors (Lipinski definition) is 2. The van der Waals surface area contributed by atoms with Gasteiger partial charge < -0.3 is 24.8 Å². The number of likely N-dealkylation sites (tertiary alicyclic amines) is 1. The quantitative estimate of drug-likeness (QED) is 0.372. The van der Waals surface area contributed by atoms with Crippen molar-refractivity contribution in [3.63, 3.8) is 0 Å². The predicted molar refractivity (Wildman–Crippen MR) is 156 cm³/mol. The van der Waals surface area contributed by atoms with Crippen LogP contribution in [-0.4, -0.2) is 72.9 Å². The van der Waals surface area contributed by atoms with Gasteiger partial charge in [0.15, 0.2) is 0 Å². The van der Waals surface area contributed by atoms with Crippen LogP contribution < -0.4 is 14.8 Å². The lowest BCUT2D eigenvalue weighted by atomic mass is 9.81. The highest BCUT2D eigenvalue weighted by atomic mass is 32.2. The molecule has 0 radical (unpaired) electrons. The Labute approximate surface area is 242 Å². The lowest BCUT2D eigenvalue weighted by Crippen LogP contribution is -2.48. The molecule has 0 aliphatic carbocycles. The Bertz CT molecular complexity index is 1270. The second-order valence-electron chi connectivity index (χ2n) is 11.3. The second kappa shape index (κ2) is 13.4. The number of hydrogen-bond acceptors (Lipinski definition) is 6. The minimum Gasteiger partial charge on any atom is -0.490 e. The van der Waals surface area contributed by atoms with Crippen molar-refractivity contribution in [1.82, 2.24) is 9.21 Å². The maximum atomic E-state index is 13.4. The molecule has 0 aromatic heterocycles. The zero-order valence-electron chi connectivity index (χ0n) is 24.1. The van der Waals surface area contributed by atoms with Crippen molar-refractivity contribution in [3.05, 3.63) is 48.3 Å². The first-order valence-corrected chi connectivity index (χ1v) is 16.3. The van der Waals surface area contributed by atoms with Gasteiger partial charge in [0, 0.05) is 50.1 Å². The van der Waals surface area contributed by atoms with Gasteiger partial charge in [-0.25, -0.2) is 21.9 Å². The van der Waals surface area contributed by atoms with E-state index in [1.165, 1.54) is 34.8 Å². The number of aliphatic hydroxyl groups is 1. The van der Waals surface area contributed by atoms with Crippen LogP contribution in [0, 0.1) is 11.7 Å². The van der Waals surface area contributed by atoms with Gasteiger partial charge in [0.1, 0.15) is 29.2 Å². The Morgan fingerprint density at radius 3 is 2.22 bits per heavy atom. The SMILES string of the molecule is CCC(CC)CC1(O)CCN(C(=O)Nc2cc(Oc3ccc(F)cc3)cc(OC3CCN(S(C)(=O)=O)CC3)c2)CC1. The minimum absolute atomic E-state index is 0.201. The van der Waals surface area contributed by atoms with Crippen LogP contribution in [0.3, 0.4) is 0 Å². The van der Waals surface area contributed by atoms with E-state index in [1.807, 2.05) is 0 Å². The van der Waals surface area contributed by atoms with E-state index in [2.05, 4.69) is 19.2 Å². The summed E-state index contributed by atoms with van der Waals surface area (Å²) in [7, 11) is -3.25. The summed E-state index contributed by atoms with van der Waals surface area (Å²) in [5, 5.41) is 14.0. The van der Waals surface area contributed by atoms with Gasteiger partial charge in [0.25, 0.3) is 0 Å². The Balaban J connectivity index is 1.45. The first-order valence-electron chi connectivity index (χ1n) is 14.4. The Morgan fingerprint density at radius 2 is 1.63 bits per heavy atom. The smallest absolute Gasteiger partial charge is 0.321 e. The minimum atomic E-state index is -3.25. The van der Waals surface area contributed by atoms with Crippen LogP contribution in [0.15, 0.2) is 42.5 Å². The van der Waals surface area contributed by atoms with Crippen molar-refractivity contribution >= 4 is 21.7 Å². The largest absolute Gasteiger partial charge is 0.490 e. The van der Waals surface area contributed by atoms with E-state index < -0.39 is 15.6 Å². The molecule has 226 valence electrons. The first kappa shape index (κ1) is 31.1. The number of anilines is 1. The number of carbonyl (C=O) groups excluding carboxylic acids is 1. The second-order valence-corrected chi connectivity index (χ2v) is 13.2. The lowest BCUT2D eigenvalue weighted by Gasteiger charge is -2.39. The van der Waals surface area contributed by atoms with Crippen LogP contribution >= 0.6 is 0 Å². The number of sulfonamides is 1. The summed E-state index contributed by atoms with van der Waals surface area (Å²) in [6.07, 6.45) is 5.94. The molecule has 2 aliphatic rings. The number of rotatable bonds is 10. The summed E-state index contributed by atoms with van der Waals surface area (Å²) in [5.41, 5.74) is -0.277. The third-order valence-electron chi connectivity index (χ3n) is 8.16. The molecule has 11 heteroatoms. The molecule has 2 aromatic carbocycles. The van der Waals surface area contributed by atoms with E-state index in [0.29, 0.717) is 80.7 Å². The molecule has 2 fully saturated rings. The van der Waals surface area contributed by atoms with Crippen molar-refractivity contribution in [2.75, 3.05) is 37.8 Å². The Kier molecular flexibility index (Phi) is 10.1. The van der Waals surface area contributed by atoms with Gasteiger partial charge in [0.05, 0.1) is 11.9 Å². The number of carbonyl (C=O) groups is 1. The summed E-state index contributed by atoms with van der Waals surface area (Å²) in [6, 6.07) is 10.4. The summed E-state index contributed by atoms with van der Waals surface area (Å²) < 4.78 is 50.7. The third-order valence-corrected chi connectivity index (χ3v) is 9.46. The fraction of sp³-hybridized carbons (Fsp3) is 0.567. The fourth-order valence-corrected chi connectivity index (χ4v) is 6.41. The molecule has 41 heavy (non-hydrogen) atoms. The molecule has 0 atom stereocenters. The number of nitrogens with one attached hydrogen (secondary N) is 1. The number of ether oxygens (including phenoxy) is 2. The number of nitrogens with zero attached hydrogens (tertiary/aromatic N) is 2. The number of urea groups is 1. The molecule has 2 amide bonds. The molecule has 9 nitrogen and oxygen atoms in total. The van der Waals surface area contributed by atoms with E-state index in [4.69, 9.17) is 9.47 Å². The molecule has 2 saturated heterocycles. The molecule has 0 saturated carbocycles. The van der Waals surface area contributed by atoms with Gasteiger partial charge >= 0.3 is 6.03 Å². The zero-order chi connectivity index (χ0) is 29.6. The predicted octanol–water partition coefficient (Wildman–Crippen LogP) is 5.61. The van der Waals surface area contributed by atoms with Crippen molar-refractivity contribution in [2.24, 2.45) is 5.92 Å². The molecular formula is C30H42FN3O6S. The van der Waals surface area contributed by atoms with E-state index in [1.54, 1.807) is 23.1 Å². The van der Waals surface area contributed by atoms with Gasteiger partial charge in [-0.15, -0.1) is 0 Å². The van der Waals surface area contributed by atoms with Crippen molar-refractivity contribution in [2.45, 2.75) is 70.5 Å². The topological polar surface area (TPSA) is 108 Å². The Morgan fingerprint density at radius 1 is 1.02 bits per heavy atom. The van der Waals surface area contributed by atoms with Gasteiger partial charge in [0.2, 0.25) is 10.0 Å². The van der Waals surface area contributed by atoms with Crippen LogP contribution in [0.2, 0.25) is 0 Å². The maximum Gasteiger partial charge on any atom is 0.321 e. The summed E-state index contributed by atoms with van der Waals surface area (Å²) in [5.74, 6) is 1.39. The van der Waals surface area contributed by atoms with Crippen molar-refractivity contribution in [3.8, 4) is 17.2 Å². The Hall–Kier alpha value is -2.89. The van der Waals surface area contributed by atoms with Crippen LogP contribution in [-0.2, 0) is 10.0 Å². The van der Waals surface area contributed by atoms with Gasteiger partial charge in [-0.3, -0.25) is 0 Å². The molecule has 2 N–H and O–H groups in total. The molecule has 4 rings (SSSR count). The normalized spacial score (nSPS) is 18.3. The first-order chi connectivity index (χ1) is 19.5. The summed E-state index contributed by atoms with van der Waals surface area (Å²) in [6.45, 7) is 5.94. The molecule has 2 aliphatic heterocycles. The fourth-order valence-electron chi connectivity index (χ4n) is 5.53. The van der Waals surface area contributed by atoms with Gasteiger partial charge in [-0.05, 0) is 62.3 Å². The molecule has 2 heterocycles. The highest BCUT2D eigenvalue weighted by molar-refractivity contribution is 7.88. The molecule has 0 bridgehead atoms. The number of benzene rings is 2. The number of piperidine rings is 2. The average Bonchev–Trinajstić information content (AvgIpc) is 2.93. The monoisotopic (exact) mass is 591 g/mol. The summed E-state index contributed by atoms with van der Waals surface area (Å²) >= 11 is 0. The third kappa shape index (κ3) is 8.80. The molecular weight excluding hydrogens is 549 g/mol. The average molecular weight is 592 g/mol. The van der Waals surface area contributed by atoms with Crippen molar-refractivity contribution < 1.29 is 32.2 Å². The maximum absolute atomic E-state index is 13.4. The van der Waals surface area contributed by atoms with Crippen LogP contribution in [0.4, 0.5) is 14.9 Å². The lowest BCUT2D eigenvalue weighted by molar-refractivity contribution is -0.0309. The standard InChI is InChI=1S/C30H42FN3O6S/c1-4-22(5-2)21-30(36)12-16-33(17-13-30)29(35)32-24-18-27(39-25-8-6-23(31)7-9-25)20-28(19-24)40-26-10-14-34(15-11-26)41(3,37)38/h6-9,18-20,22,26,36H,4-5,10-17,21H2,1-3H3,(H,32,35). The van der Waals surface area contributed by atoms with E-state index >= 15 is 0 Å². The highest BCUT2D eigenvalue weighted by Gasteiger charge is 2.35. The van der Waals surface area contributed by atoms with Crippen LogP contribution in [0.1, 0.15) is 58.8 Å². The molecule has 0 unspecified atom stereocenters. The van der Waals surface area contributed by atoms with E-state index in [-0.39, 0.29) is 18.0 Å². The molecule has 0 spiro atoms.